The van der Waals surface area contributed by atoms with Crippen molar-refractivity contribution in [3.05, 3.63) is 22.7 Å². The normalized spacial score (nSPS) is 19.4. The Balaban J connectivity index is 2.00. The molecule has 1 atom stereocenters. The number of hydrogen-bond donors (Lipinski definition) is 1. The fraction of sp³-hybridized carbons (Fsp3) is 0.500. The number of halogens is 1. The second-order valence-corrected chi connectivity index (χ2v) is 6.83. The summed E-state index contributed by atoms with van der Waals surface area (Å²) in [5.41, 5.74) is 1.65. The second-order valence-electron chi connectivity index (χ2n) is 5.03. The first-order valence-corrected chi connectivity index (χ1v) is 8.22. The molecular formula is C14H17FN2OS2. The highest BCUT2D eigenvalue weighted by Crippen LogP contribution is 2.29. The van der Waals surface area contributed by atoms with Crippen molar-refractivity contribution in [3.63, 3.8) is 0 Å². The zero-order valence-corrected chi connectivity index (χ0v) is 13.0. The molecule has 0 aliphatic carbocycles. The molecule has 1 unspecified atom stereocenters. The number of imidazole rings is 1. The van der Waals surface area contributed by atoms with Crippen LogP contribution in [-0.2, 0) is 6.54 Å². The van der Waals surface area contributed by atoms with E-state index in [1.165, 1.54) is 38.2 Å². The number of hydrogen-bond acceptors (Lipinski definition) is 3. The lowest BCUT2D eigenvalue weighted by atomic mass is 10.2. The number of rotatable bonds is 3. The summed E-state index contributed by atoms with van der Waals surface area (Å²) in [6.45, 7) is 0.873. The molecule has 0 amide bonds. The number of aromatic amines is 1. The van der Waals surface area contributed by atoms with Gasteiger partial charge in [-0.1, -0.05) is 6.42 Å². The van der Waals surface area contributed by atoms with Crippen LogP contribution < -0.4 is 4.74 Å². The SMILES string of the molecule is COc1cc2c(cc1F)[nH]c(=S)n2CC1CCCCS1. The predicted octanol–water partition coefficient (Wildman–Crippen LogP) is 4.13. The van der Waals surface area contributed by atoms with E-state index < -0.39 is 0 Å². The lowest BCUT2D eigenvalue weighted by Gasteiger charge is -2.21. The molecular weight excluding hydrogens is 295 g/mol. The third kappa shape index (κ3) is 2.59. The minimum absolute atomic E-state index is 0.261. The number of H-pyrrole nitrogens is 1. The van der Waals surface area contributed by atoms with Gasteiger partial charge in [0.25, 0.3) is 0 Å². The van der Waals surface area contributed by atoms with Gasteiger partial charge in [0, 0.05) is 23.9 Å². The first-order valence-electron chi connectivity index (χ1n) is 6.76. The number of nitrogens with zero attached hydrogens (tertiary/aromatic N) is 1. The molecule has 0 saturated carbocycles. The third-order valence-electron chi connectivity index (χ3n) is 3.71. The summed E-state index contributed by atoms with van der Waals surface area (Å²) in [5, 5.41) is 0.588. The molecule has 1 aromatic heterocycles. The van der Waals surface area contributed by atoms with E-state index in [2.05, 4.69) is 9.55 Å². The summed E-state index contributed by atoms with van der Waals surface area (Å²) in [5.74, 6) is 1.12. The van der Waals surface area contributed by atoms with Crippen molar-refractivity contribution in [2.75, 3.05) is 12.9 Å². The van der Waals surface area contributed by atoms with E-state index in [9.17, 15) is 4.39 Å². The van der Waals surface area contributed by atoms with Crippen LogP contribution in [0.15, 0.2) is 12.1 Å². The Bertz CT molecular complexity index is 674. The fourth-order valence-electron chi connectivity index (χ4n) is 2.65. The summed E-state index contributed by atoms with van der Waals surface area (Å²) < 4.78 is 21.5. The van der Waals surface area contributed by atoms with E-state index in [0.29, 0.717) is 10.0 Å². The van der Waals surface area contributed by atoms with Crippen LogP contribution in [0.5, 0.6) is 5.75 Å². The molecule has 2 heterocycles. The topological polar surface area (TPSA) is 29.9 Å². The Morgan fingerprint density at radius 1 is 1.50 bits per heavy atom. The van der Waals surface area contributed by atoms with Crippen molar-refractivity contribution in [1.82, 2.24) is 9.55 Å². The lowest BCUT2D eigenvalue weighted by molar-refractivity contribution is 0.387. The molecule has 1 aliphatic heterocycles. The quantitative estimate of drug-likeness (QED) is 0.864. The zero-order chi connectivity index (χ0) is 14.1. The molecule has 20 heavy (non-hydrogen) atoms. The minimum atomic E-state index is -0.365. The van der Waals surface area contributed by atoms with Crippen LogP contribution in [0, 0.1) is 10.6 Å². The predicted molar refractivity (Wildman–Crippen MR) is 83.7 cm³/mol. The van der Waals surface area contributed by atoms with Crippen LogP contribution in [0.3, 0.4) is 0 Å². The zero-order valence-electron chi connectivity index (χ0n) is 11.3. The van der Waals surface area contributed by atoms with E-state index in [-0.39, 0.29) is 11.6 Å². The van der Waals surface area contributed by atoms with Gasteiger partial charge in [0.1, 0.15) is 0 Å². The molecule has 0 spiro atoms. The molecule has 108 valence electrons. The number of benzene rings is 1. The van der Waals surface area contributed by atoms with Crippen molar-refractivity contribution in [2.24, 2.45) is 0 Å². The van der Waals surface area contributed by atoms with Gasteiger partial charge in [0.15, 0.2) is 16.3 Å². The molecule has 1 aliphatic rings. The van der Waals surface area contributed by atoms with Gasteiger partial charge in [-0.25, -0.2) is 4.39 Å². The monoisotopic (exact) mass is 312 g/mol. The summed E-state index contributed by atoms with van der Waals surface area (Å²) >= 11 is 7.38. The van der Waals surface area contributed by atoms with Crippen LogP contribution in [0.2, 0.25) is 0 Å². The van der Waals surface area contributed by atoms with Crippen molar-refractivity contribution >= 4 is 35.0 Å². The summed E-state index contributed by atoms with van der Waals surface area (Å²) in [7, 11) is 1.48. The lowest BCUT2D eigenvalue weighted by Crippen LogP contribution is -2.17. The molecule has 0 bridgehead atoms. The van der Waals surface area contributed by atoms with E-state index in [1.54, 1.807) is 6.07 Å². The highest BCUT2D eigenvalue weighted by molar-refractivity contribution is 7.99. The number of ether oxygens (including phenoxy) is 1. The molecule has 6 heteroatoms. The van der Waals surface area contributed by atoms with E-state index in [1.807, 2.05) is 11.8 Å². The number of methoxy groups -OCH3 is 1. The molecule has 0 radical (unpaired) electrons. The van der Waals surface area contributed by atoms with E-state index in [4.69, 9.17) is 17.0 Å². The second kappa shape index (κ2) is 5.77. The van der Waals surface area contributed by atoms with Crippen LogP contribution in [0.4, 0.5) is 4.39 Å². The van der Waals surface area contributed by atoms with E-state index in [0.717, 1.165) is 17.6 Å². The highest BCUT2D eigenvalue weighted by Gasteiger charge is 2.17. The number of thioether (sulfide) groups is 1. The van der Waals surface area contributed by atoms with Gasteiger partial charge in [-0.3, -0.25) is 0 Å². The third-order valence-corrected chi connectivity index (χ3v) is 5.41. The van der Waals surface area contributed by atoms with Crippen molar-refractivity contribution in [2.45, 2.75) is 31.1 Å². The van der Waals surface area contributed by atoms with Crippen molar-refractivity contribution < 1.29 is 9.13 Å². The smallest absolute Gasteiger partial charge is 0.178 e. The first-order chi connectivity index (χ1) is 9.69. The summed E-state index contributed by atoms with van der Waals surface area (Å²) in [6.07, 6.45) is 3.81. The Labute approximate surface area is 126 Å². The van der Waals surface area contributed by atoms with Gasteiger partial charge >= 0.3 is 0 Å². The average Bonchev–Trinajstić information content (AvgIpc) is 2.74. The van der Waals surface area contributed by atoms with Crippen LogP contribution in [0.25, 0.3) is 11.0 Å². The standard InChI is InChI=1S/C14H17FN2OS2/c1-18-13-7-12-11(6-10(13)15)16-14(19)17(12)8-9-4-2-3-5-20-9/h6-7,9H,2-5,8H2,1H3,(H,16,19). The number of fused-ring (bicyclic) bond motifs is 1. The van der Waals surface area contributed by atoms with Crippen LogP contribution in [-0.4, -0.2) is 27.7 Å². The number of aromatic nitrogens is 2. The van der Waals surface area contributed by atoms with Gasteiger partial charge in [-0.2, -0.15) is 11.8 Å². The molecule has 1 N–H and O–H groups in total. The van der Waals surface area contributed by atoms with Gasteiger partial charge < -0.3 is 14.3 Å². The molecule has 1 aromatic carbocycles. The van der Waals surface area contributed by atoms with Gasteiger partial charge in [0.2, 0.25) is 0 Å². The fourth-order valence-corrected chi connectivity index (χ4v) is 4.23. The summed E-state index contributed by atoms with van der Waals surface area (Å²) in [6, 6.07) is 3.18. The average molecular weight is 312 g/mol. The first kappa shape index (κ1) is 13.9. The maximum atomic E-state index is 13.7. The molecule has 3 rings (SSSR count). The minimum Gasteiger partial charge on any atom is -0.494 e. The van der Waals surface area contributed by atoms with Crippen molar-refractivity contribution in [3.8, 4) is 5.75 Å². The van der Waals surface area contributed by atoms with Crippen LogP contribution >= 0.6 is 24.0 Å². The Morgan fingerprint density at radius 2 is 2.35 bits per heavy atom. The van der Waals surface area contributed by atoms with Crippen molar-refractivity contribution in [1.29, 1.82) is 0 Å². The van der Waals surface area contributed by atoms with Gasteiger partial charge in [0.05, 0.1) is 18.1 Å². The molecule has 2 aromatic rings. The largest absolute Gasteiger partial charge is 0.494 e. The Morgan fingerprint density at radius 3 is 3.05 bits per heavy atom. The van der Waals surface area contributed by atoms with Crippen LogP contribution in [0.1, 0.15) is 19.3 Å². The van der Waals surface area contributed by atoms with Gasteiger partial charge in [-0.05, 0) is 30.8 Å². The number of nitrogens with one attached hydrogen (secondary N) is 1. The molecule has 1 fully saturated rings. The maximum Gasteiger partial charge on any atom is 0.178 e. The molecule has 3 nitrogen and oxygen atoms in total. The Kier molecular flexibility index (Phi) is 4.03. The maximum absolute atomic E-state index is 13.7. The summed E-state index contributed by atoms with van der Waals surface area (Å²) in [4.78, 5) is 3.08. The molecule has 1 saturated heterocycles. The van der Waals surface area contributed by atoms with Gasteiger partial charge in [-0.15, -0.1) is 0 Å². The van der Waals surface area contributed by atoms with E-state index >= 15 is 0 Å². The highest BCUT2D eigenvalue weighted by atomic mass is 32.2. The Hall–Kier alpha value is -1.01.